The van der Waals surface area contributed by atoms with Crippen LogP contribution in [-0.2, 0) is 6.18 Å². The molecule has 0 unspecified atom stereocenters. The average molecular weight is 472 g/mol. The van der Waals surface area contributed by atoms with Crippen molar-refractivity contribution in [3.63, 3.8) is 0 Å². The van der Waals surface area contributed by atoms with E-state index in [1.807, 2.05) is 0 Å². The summed E-state index contributed by atoms with van der Waals surface area (Å²) in [7, 11) is 2.45. The summed E-state index contributed by atoms with van der Waals surface area (Å²) in [6, 6.07) is 1.96. The summed E-state index contributed by atoms with van der Waals surface area (Å²) in [6.45, 7) is 0. The molecule has 168 valence electrons. The zero-order valence-corrected chi connectivity index (χ0v) is 17.0. The zero-order valence-electron chi connectivity index (χ0n) is 16.1. The summed E-state index contributed by atoms with van der Waals surface area (Å²) in [5.74, 6) is -2.08. The zero-order chi connectivity index (χ0) is 23.5. The van der Waals surface area contributed by atoms with Gasteiger partial charge in [-0.15, -0.1) is 0 Å². The van der Waals surface area contributed by atoms with E-state index in [1.54, 1.807) is 0 Å². The first-order chi connectivity index (χ1) is 15.2. The van der Waals surface area contributed by atoms with Crippen LogP contribution >= 0.6 is 11.3 Å². The number of hydrogen-bond acceptors (Lipinski definition) is 10. The summed E-state index contributed by atoms with van der Waals surface area (Å²) >= 11 is 0.358. The van der Waals surface area contributed by atoms with Crippen molar-refractivity contribution in [2.75, 3.05) is 19.5 Å². The number of alkyl halides is 3. The van der Waals surface area contributed by atoms with Gasteiger partial charge in [0.25, 0.3) is 5.91 Å². The highest BCUT2D eigenvalue weighted by Crippen LogP contribution is 2.38. The standard InChI is InChI=1S/C17H12F4N6O4S/c1-30-14-9(15(31-2)24-6-23-14)13(28)26-16-25-12(17(19,20)21)11(32-16)10(27-29)8-4-3-7(18)5-22-8/h3-6,29H,1-2H3,(H,25,26,28)/b27-10+. The van der Waals surface area contributed by atoms with E-state index in [-0.39, 0.29) is 23.0 Å². The molecule has 0 saturated carbocycles. The molecule has 3 heterocycles. The van der Waals surface area contributed by atoms with Crippen molar-refractivity contribution in [3.05, 3.63) is 52.3 Å². The number of nitrogens with zero attached hydrogens (tertiary/aromatic N) is 5. The number of amides is 1. The van der Waals surface area contributed by atoms with Crippen LogP contribution in [0.4, 0.5) is 22.7 Å². The number of carbonyl (C=O) groups excluding carboxylic acids is 1. The summed E-state index contributed by atoms with van der Waals surface area (Å²) in [5.41, 5.74) is -2.59. The maximum atomic E-state index is 13.6. The van der Waals surface area contributed by atoms with Gasteiger partial charge in [-0.3, -0.25) is 15.1 Å². The lowest BCUT2D eigenvalue weighted by Crippen LogP contribution is -2.16. The van der Waals surface area contributed by atoms with Crippen LogP contribution in [0, 0.1) is 5.82 Å². The first kappa shape index (κ1) is 22.8. The Balaban J connectivity index is 2.04. The number of aromatic nitrogens is 4. The van der Waals surface area contributed by atoms with Crippen LogP contribution in [-0.4, -0.2) is 51.0 Å². The van der Waals surface area contributed by atoms with Gasteiger partial charge >= 0.3 is 6.18 Å². The summed E-state index contributed by atoms with van der Waals surface area (Å²) in [5, 5.41) is 13.9. The molecule has 10 nitrogen and oxygen atoms in total. The minimum absolute atomic E-state index is 0.185. The van der Waals surface area contributed by atoms with Crippen LogP contribution < -0.4 is 14.8 Å². The van der Waals surface area contributed by atoms with E-state index < -0.39 is 39.3 Å². The minimum atomic E-state index is -4.98. The molecule has 0 fully saturated rings. The number of hydrogen-bond donors (Lipinski definition) is 2. The second-order valence-corrected chi connectivity index (χ2v) is 6.73. The third-order valence-electron chi connectivity index (χ3n) is 3.79. The molecule has 0 aliphatic carbocycles. The van der Waals surface area contributed by atoms with Gasteiger partial charge in [0, 0.05) is 0 Å². The Morgan fingerprint density at radius 1 is 1.16 bits per heavy atom. The number of halogens is 4. The van der Waals surface area contributed by atoms with Crippen molar-refractivity contribution < 1.29 is 37.0 Å². The molecule has 0 spiro atoms. The number of rotatable bonds is 6. The molecule has 32 heavy (non-hydrogen) atoms. The molecule has 1 amide bonds. The van der Waals surface area contributed by atoms with Gasteiger partial charge < -0.3 is 14.7 Å². The first-order valence-electron chi connectivity index (χ1n) is 8.36. The van der Waals surface area contributed by atoms with Crippen LogP contribution in [0.3, 0.4) is 0 Å². The maximum absolute atomic E-state index is 13.6. The molecule has 15 heteroatoms. The van der Waals surface area contributed by atoms with Crippen LogP contribution in [0.25, 0.3) is 0 Å². The van der Waals surface area contributed by atoms with Gasteiger partial charge in [-0.2, -0.15) is 13.2 Å². The number of oxime groups is 1. The number of carbonyl (C=O) groups is 1. The Labute approximate surface area is 180 Å². The molecule has 3 rings (SSSR count). The molecule has 0 radical (unpaired) electrons. The third-order valence-corrected chi connectivity index (χ3v) is 4.77. The molecule has 2 N–H and O–H groups in total. The Kier molecular flexibility index (Phi) is 6.47. The summed E-state index contributed by atoms with van der Waals surface area (Å²) < 4.78 is 63.8. The van der Waals surface area contributed by atoms with E-state index in [9.17, 15) is 27.6 Å². The normalized spacial score (nSPS) is 11.9. The van der Waals surface area contributed by atoms with Gasteiger partial charge in [-0.1, -0.05) is 16.5 Å². The summed E-state index contributed by atoms with van der Waals surface area (Å²) in [6.07, 6.45) is -3.17. The lowest BCUT2D eigenvalue weighted by Gasteiger charge is -2.09. The van der Waals surface area contributed by atoms with Gasteiger partial charge in [0.05, 0.1) is 31.0 Å². The van der Waals surface area contributed by atoms with Crippen LogP contribution in [0.2, 0.25) is 0 Å². The molecule has 3 aromatic rings. The highest BCUT2D eigenvalue weighted by molar-refractivity contribution is 7.18. The van der Waals surface area contributed by atoms with Crippen LogP contribution in [0.15, 0.2) is 29.8 Å². The fourth-order valence-electron chi connectivity index (χ4n) is 2.47. The van der Waals surface area contributed by atoms with Crippen molar-refractivity contribution in [2.24, 2.45) is 5.16 Å². The Hall–Kier alpha value is -3.88. The van der Waals surface area contributed by atoms with Crippen LogP contribution in [0.5, 0.6) is 11.8 Å². The second-order valence-electron chi connectivity index (χ2n) is 5.73. The Morgan fingerprint density at radius 2 is 1.81 bits per heavy atom. The van der Waals surface area contributed by atoms with Gasteiger partial charge in [0.2, 0.25) is 11.8 Å². The summed E-state index contributed by atoms with van der Waals surface area (Å²) in [4.78, 5) is 26.6. The van der Waals surface area contributed by atoms with Crippen molar-refractivity contribution in [1.29, 1.82) is 0 Å². The molecular formula is C17H12F4N6O4S. The fourth-order valence-corrected chi connectivity index (χ4v) is 3.45. The molecule has 0 atom stereocenters. The molecule has 0 bridgehead atoms. The maximum Gasteiger partial charge on any atom is 0.434 e. The quantitative estimate of drug-likeness (QED) is 0.242. The van der Waals surface area contributed by atoms with Crippen molar-refractivity contribution in [3.8, 4) is 11.8 Å². The highest BCUT2D eigenvalue weighted by atomic mass is 32.1. The molecule has 0 aliphatic heterocycles. The van der Waals surface area contributed by atoms with E-state index in [0.717, 1.165) is 24.7 Å². The smallest absolute Gasteiger partial charge is 0.434 e. The van der Waals surface area contributed by atoms with Gasteiger partial charge in [-0.05, 0) is 12.1 Å². The minimum Gasteiger partial charge on any atom is -0.480 e. The highest BCUT2D eigenvalue weighted by Gasteiger charge is 2.40. The van der Waals surface area contributed by atoms with E-state index in [4.69, 9.17) is 9.47 Å². The number of nitrogens with one attached hydrogen (secondary N) is 1. The lowest BCUT2D eigenvalue weighted by molar-refractivity contribution is -0.140. The van der Waals surface area contributed by atoms with Crippen LogP contribution in [0.1, 0.15) is 26.6 Å². The SMILES string of the molecule is COc1ncnc(OC)c1C(=O)Nc1nc(C(F)(F)F)c(/C(=N/O)c2ccc(F)cn2)s1. The van der Waals surface area contributed by atoms with Gasteiger partial charge in [0.1, 0.15) is 17.9 Å². The van der Waals surface area contributed by atoms with E-state index in [0.29, 0.717) is 11.3 Å². The predicted octanol–water partition coefficient (Wildman–Crippen LogP) is 2.98. The number of anilines is 1. The molecule has 3 aromatic heterocycles. The van der Waals surface area contributed by atoms with E-state index in [1.165, 1.54) is 14.2 Å². The number of pyridine rings is 1. The topological polar surface area (TPSA) is 132 Å². The van der Waals surface area contributed by atoms with E-state index in [2.05, 4.69) is 30.4 Å². The lowest BCUT2D eigenvalue weighted by atomic mass is 10.2. The third kappa shape index (κ3) is 4.56. The first-order valence-corrected chi connectivity index (χ1v) is 9.18. The monoisotopic (exact) mass is 472 g/mol. The molecular weight excluding hydrogens is 460 g/mol. The molecule has 0 aromatic carbocycles. The molecule has 0 aliphatic rings. The number of methoxy groups -OCH3 is 2. The Bertz CT molecular complexity index is 1140. The second kappa shape index (κ2) is 9.09. The number of ether oxygens (including phenoxy) is 2. The average Bonchev–Trinajstić information content (AvgIpc) is 3.18. The predicted molar refractivity (Wildman–Crippen MR) is 102 cm³/mol. The van der Waals surface area contributed by atoms with Crippen molar-refractivity contribution in [1.82, 2.24) is 19.9 Å². The van der Waals surface area contributed by atoms with Gasteiger partial charge in [-0.25, -0.2) is 19.3 Å². The molecule has 0 saturated heterocycles. The van der Waals surface area contributed by atoms with E-state index >= 15 is 0 Å². The van der Waals surface area contributed by atoms with Crippen molar-refractivity contribution in [2.45, 2.75) is 6.18 Å². The number of thiazole rings is 1. The van der Waals surface area contributed by atoms with Crippen molar-refractivity contribution >= 4 is 28.1 Å². The largest absolute Gasteiger partial charge is 0.480 e. The van der Waals surface area contributed by atoms with Gasteiger partial charge in [0.15, 0.2) is 16.4 Å². The Morgan fingerprint density at radius 3 is 2.31 bits per heavy atom. The fraction of sp³-hybridized carbons (Fsp3) is 0.176.